The molecular weight excluding hydrogens is 252 g/mol. The molecule has 0 radical (unpaired) electrons. The standard InChI is InChI=1S/C15H18N4O/c1-8-5-10-14(11-7-13(16)19(3)18-11)9(2)17-15(10)12(6-8)20-4/h5-7,17H,16H2,1-4H3. The first-order chi connectivity index (χ1) is 9.51. The molecule has 0 atom stereocenters. The van der Waals surface area contributed by atoms with Gasteiger partial charge in [-0.25, -0.2) is 0 Å². The third-order valence-electron chi connectivity index (χ3n) is 3.60. The molecule has 0 aliphatic carbocycles. The van der Waals surface area contributed by atoms with Gasteiger partial charge < -0.3 is 15.5 Å². The van der Waals surface area contributed by atoms with E-state index in [1.165, 1.54) is 0 Å². The Balaban J connectivity index is 2.35. The minimum Gasteiger partial charge on any atom is -0.495 e. The highest BCUT2D eigenvalue weighted by Crippen LogP contribution is 2.36. The number of hydrogen-bond acceptors (Lipinski definition) is 3. The molecule has 3 N–H and O–H groups in total. The number of hydrogen-bond donors (Lipinski definition) is 2. The van der Waals surface area contributed by atoms with E-state index in [2.05, 4.69) is 23.1 Å². The summed E-state index contributed by atoms with van der Waals surface area (Å²) in [4.78, 5) is 3.39. The minimum absolute atomic E-state index is 0.647. The summed E-state index contributed by atoms with van der Waals surface area (Å²) in [5.41, 5.74) is 11.1. The summed E-state index contributed by atoms with van der Waals surface area (Å²) in [5.74, 6) is 1.49. The van der Waals surface area contributed by atoms with Gasteiger partial charge in [-0.2, -0.15) is 5.10 Å². The quantitative estimate of drug-likeness (QED) is 0.752. The third kappa shape index (κ3) is 1.74. The number of ether oxygens (including phenoxy) is 1. The Morgan fingerprint density at radius 1 is 1.25 bits per heavy atom. The molecule has 0 aliphatic heterocycles. The largest absolute Gasteiger partial charge is 0.495 e. The molecule has 0 saturated carbocycles. The van der Waals surface area contributed by atoms with Crippen molar-refractivity contribution in [1.29, 1.82) is 0 Å². The number of nitrogen functional groups attached to an aromatic ring is 1. The van der Waals surface area contributed by atoms with Gasteiger partial charge in [-0.3, -0.25) is 4.68 Å². The van der Waals surface area contributed by atoms with E-state index in [-0.39, 0.29) is 0 Å². The van der Waals surface area contributed by atoms with E-state index in [0.29, 0.717) is 5.82 Å². The van der Waals surface area contributed by atoms with Crippen molar-refractivity contribution in [3.8, 4) is 17.0 Å². The predicted molar refractivity (Wildman–Crippen MR) is 80.9 cm³/mol. The molecule has 5 heteroatoms. The molecule has 0 aliphatic rings. The molecule has 0 saturated heterocycles. The maximum Gasteiger partial charge on any atom is 0.143 e. The van der Waals surface area contributed by atoms with Crippen LogP contribution in [-0.2, 0) is 7.05 Å². The molecule has 0 bridgehead atoms. The first-order valence-electron chi connectivity index (χ1n) is 6.48. The second-order valence-corrected chi connectivity index (χ2v) is 5.09. The second kappa shape index (κ2) is 4.30. The number of aromatic nitrogens is 3. The normalized spacial score (nSPS) is 11.2. The molecule has 104 valence electrons. The van der Waals surface area contributed by atoms with Crippen LogP contribution in [0.3, 0.4) is 0 Å². The molecule has 20 heavy (non-hydrogen) atoms. The Bertz CT molecular complexity index is 778. The number of rotatable bonds is 2. The molecule has 2 aromatic heterocycles. The number of anilines is 1. The molecule has 1 aromatic carbocycles. The molecule has 2 heterocycles. The number of nitrogens with one attached hydrogen (secondary N) is 1. The fraction of sp³-hybridized carbons (Fsp3) is 0.267. The van der Waals surface area contributed by atoms with E-state index in [1.54, 1.807) is 11.8 Å². The number of benzene rings is 1. The fourth-order valence-corrected chi connectivity index (χ4v) is 2.63. The molecule has 5 nitrogen and oxygen atoms in total. The van der Waals surface area contributed by atoms with E-state index in [0.717, 1.165) is 39.2 Å². The number of aryl methyl sites for hydroxylation is 3. The highest BCUT2D eigenvalue weighted by molar-refractivity contribution is 6.00. The Kier molecular flexibility index (Phi) is 2.71. The van der Waals surface area contributed by atoms with Crippen LogP contribution in [0.25, 0.3) is 22.2 Å². The average Bonchev–Trinajstić information content (AvgIpc) is 2.88. The van der Waals surface area contributed by atoms with Gasteiger partial charge in [0.25, 0.3) is 0 Å². The smallest absolute Gasteiger partial charge is 0.143 e. The number of nitrogens with zero attached hydrogens (tertiary/aromatic N) is 2. The molecule has 0 spiro atoms. The van der Waals surface area contributed by atoms with Crippen molar-refractivity contribution in [2.45, 2.75) is 13.8 Å². The van der Waals surface area contributed by atoms with Crippen LogP contribution in [0.2, 0.25) is 0 Å². The third-order valence-corrected chi connectivity index (χ3v) is 3.60. The van der Waals surface area contributed by atoms with Crippen LogP contribution in [0.4, 0.5) is 5.82 Å². The minimum atomic E-state index is 0.647. The van der Waals surface area contributed by atoms with Crippen LogP contribution < -0.4 is 10.5 Å². The summed E-state index contributed by atoms with van der Waals surface area (Å²) >= 11 is 0. The van der Waals surface area contributed by atoms with E-state index in [1.807, 2.05) is 26.1 Å². The van der Waals surface area contributed by atoms with Crippen LogP contribution in [-0.4, -0.2) is 21.9 Å². The predicted octanol–water partition coefficient (Wildman–Crippen LogP) is 2.78. The van der Waals surface area contributed by atoms with E-state index < -0.39 is 0 Å². The van der Waals surface area contributed by atoms with Crippen molar-refractivity contribution in [3.63, 3.8) is 0 Å². The van der Waals surface area contributed by atoms with Crippen molar-refractivity contribution in [2.24, 2.45) is 7.05 Å². The van der Waals surface area contributed by atoms with Crippen molar-refractivity contribution < 1.29 is 4.74 Å². The Hall–Kier alpha value is -2.43. The van der Waals surface area contributed by atoms with Crippen LogP contribution in [0, 0.1) is 13.8 Å². The van der Waals surface area contributed by atoms with E-state index >= 15 is 0 Å². The van der Waals surface area contributed by atoms with Crippen LogP contribution in [0.5, 0.6) is 5.75 Å². The number of nitrogens with two attached hydrogens (primary N) is 1. The molecule has 3 aromatic rings. The van der Waals surface area contributed by atoms with E-state index in [9.17, 15) is 0 Å². The lowest BCUT2D eigenvalue weighted by Crippen LogP contribution is -1.96. The second-order valence-electron chi connectivity index (χ2n) is 5.09. The van der Waals surface area contributed by atoms with Gasteiger partial charge in [0.15, 0.2) is 0 Å². The van der Waals surface area contributed by atoms with Crippen molar-refractivity contribution >= 4 is 16.7 Å². The molecule has 0 unspecified atom stereocenters. The van der Waals surface area contributed by atoms with Crippen LogP contribution in [0.15, 0.2) is 18.2 Å². The Morgan fingerprint density at radius 3 is 2.60 bits per heavy atom. The number of H-pyrrole nitrogens is 1. The molecule has 3 rings (SSSR count). The van der Waals surface area contributed by atoms with Crippen molar-refractivity contribution in [1.82, 2.24) is 14.8 Å². The first kappa shape index (κ1) is 12.6. The summed E-state index contributed by atoms with van der Waals surface area (Å²) in [5, 5.41) is 5.59. The van der Waals surface area contributed by atoms with Gasteiger partial charge in [0.1, 0.15) is 11.6 Å². The first-order valence-corrected chi connectivity index (χ1v) is 6.48. The van der Waals surface area contributed by atoms with Gasteiger partial charge in [0.05, 0.1) is 18.3 Å². The molecule has 0 amide bonds. The van der Waals surface area contributed by atoms with Crippen molar-refractivity contribution in [2.75, 3.05) is 12.8 Å². The maximum absolute atomic E-state index is 5.89. The van der Waals surface area contributed by atoms with Gasteiger partial charge >= 0.3 is 0 Å². The number of fused-ring (bicyclic) bond motifs is 1. The maximum atomic E-state index is 5.89. The lowest BCUT2D eigenvalue weighted by molar-refractivity contribution is 0.418. The van der Waals surface area contributed by atoms with Gasteiger partial charge in [0.2, 0.25) is 0 Å². The van der Waals surface area contributed by atoms with Gasteiger partial charge in [-0.05, 0) is 31.5 Å². The van der Waals surface area contributed by atoms with Gasteiger partial charge in [-0.1, -0.05) is 0 Å². The SMILES string of the molecule is COc1cc(C)cc2c(-c3cc(N)n(C)n3)c(C)[nH]c12. The number of methoxy groups -OCH3 is 1. The zero-order chi connectivity index (χ0) is 14.4. The van der Waals surface area contributed by atoms with Crippen molar-refractivity contribution in [3.05, 3.63) is 29.5 Å². The van der Waals surface area contributed by atoms with Gasteiger partial charge in [0, 0.05) is 29.8 Å². The Labute approximate surface area is 117 Å². The summed E-state index contributed by atoms with van der Waals surface area (Å²) < 4.78 is 7.14. The zero-order valence-electron chi connectivity index (χ0n) is 12.1. The molecule has 0 fully saturated rings. The monoisotopic (exact) mass is 270 g/mol. The lowest BCUT2D eigenvalue weighted by atomic mass is 10.1. The molecular formula is C15H18N4O. The summed E-state index contributed by atoms with van der Waals surface area (Å²) in [6, 6.07) is 6.06. The summed E-state index contributed by atoms with van der Waals surface area (Å²) in [6.07, 6.45) is 0. The highest BCUT2D eigenvalue weighted by Gasteiger charge is 2.17. The lowest BCUT2D eigenvalue weighted by Gasteiger charge is -2.04. The topological polar surface area (TPSA) is 68.9 Å². The fourth-order valence-electron chi connectivity index (χ4n) is 2.63. The van der Waals surface area contributed by atoms with E-state index in [4.69, 9.17) is 10.5 Å². The summed E-state index contributed by atoms with van der Waals surface area (Å²) in [6.45, 7) is 4.09. The highest BCUT2D eigenvalue weighted by atomic mass is 16.5. The average molecular weight is 270 g/mol. The zero-order valence-corrected chi connectivity index (χ0v) is 12.1. The summed E-state index contributed by atoms with van der Waals surface area (Å²) in [7, 11) is 3.53. The van der Waals surface area contributed by atoms with Crippen LogP contribution in [0.1, 0.15) is 11.3 Å². The number of aromatic amines is 1. The van der Waals surface area contributed by atoms with Crippen LogP contribution >= 0.6 is 0 Å². The van der Waals surface area contributed by atoms with Gasteiger partial charge in [-0.15, -0.1) is 0 Å². The Morgan fingerprint density at radius 2 is 2.00 bits per heavy atom.